The average Bonchev–Trinajstić information content (AvgIpc) is 2.61. The minimum Gasteiger partial charge on any atom is -0.388 e. The molecule has 1 aliphatic heterocycles. The highest BCUT2D eigenvalue weighted by atomic mass is 32.2. The van der Waals surface area contributed by atoms with Gasteiger partial charge in [-0.1, -0.05) is 54.6 Å². The molecule has 0 aliphatic carbocycles. The highest BCUT2D eigenvalue weighted by molar-refractivity contribution is 7.99. The molecular weight excluding hydrogens is 306 g/mol. The second-order valence-corrected chi connectivity index (χ2v) is 6.81. The van der Waals surface area contributed by atoms with Crippen LogP contribution in [-0.2, 0) is 17.8 Å². The Hall–Kier alpha value is -1.78. The molecule has 0 saturated heterocycles. The monoisotopic (exact) mass is 327 g/mol. The lowest BCUT2D eigenvalue weighted by atomic mass is 10.00. The van der Waals surface area contributed by atoms with Crippen LogP contribution >= 0.6 is 11.8 Å². The van der Waals surface area contributed by atoms with Gasteiger partial charge in [0.05, 0.1) is 11.9 Å². The number of thioether (sulfide) groups is 1. The number of carbonyl (C=O) groups excluding carboxylic acids is 1. The molecule has 3 nitrogen and oxygen atoms in total. The van der Waals surface area contributed by atoms with Crippen LogP contribution in [0.1, 0.15) is 22.8 Å². The molecule has 2 aromatic rings. The van der Waals surface area contributed by atoms with Crippen molar-refractivity contribution >= 4 is 17.7 Å². The fourth-order valence-corrected chi connectivity index (χ4v) is 3.72. The Bertz CT molecular complexity index is 659. The third kappa shape index (κ3) is 4.15. The zero-order valence-corrected chi connectivity index (χ0v) is 13.8. The molecule has 2 aromatic carbocycles. The summed E-state index contributed by atoms with van der Waals surface area (Å²) in [6, 6.07) is 17.9. The zero-order valence-electron chi connectivity index (χ0n) is 13.0. The van der Waals surface area contributed by atoms with Crippen molar-refractivity contribution in [1.82, 2.24) is 4.90 Å². The van der Waals surface area contributed by atoms with Crippen molar-refractivity contribution < 1.29 is 9.90 Å². The molecular formula is C19H21NO2S. The highest BCUT2D eigenvalue weighted by Crippen LogP contribution is 2.21. The van der Waals surface area contributed by atoms with Crippen LogP contribution in [0.5, 0.6) is 0 Å². The van der Waals surface area contributed by atoms with Crippen molar-refractivity contribution in [3.8, 4) is 0 Å². The molecule has 4 heteroatoms. The average molecular weight is 327 g/mol. The molecule has 1 N–H and O–H groups in total. The van der Waals surface area contributed by atoms with Gasteiger partial charge >= 0.3 is 0 Å². The molecule has 23 heavy (non-hydrogen) atoms. The quantitative estimate of drug-likeness (QED) is 0.918. The fraction of sp³-hybridized carbons (Fsp3) is 0.316. The van der Waals surface area contributed by atoms with E-state index in [1.165, 1.54) is 22.9 Å². The molecule has 0 saturated carbocycles. The number of aliphatic hydroxyl groups excluding tert-OH is 1. The summed E-state index contributed by atoms with van der Waals surface area (Å²) in [4.78, 5) is 14.3. The second kappa shape index (κ2) is 7.66. The maximum atomic E-state index is 12.3. The van der Waals surface area contributed by atoms with E-state index in [4.69, 9.17) is 0 Å². The van der Waals surface area contributed by atoms with E-state index in [1.807, 2.05) is 41.3 Å². The lowest BCUT2D eigenvalue weighted by Crippen LogP contribution is -2.37. The number of nitrogens with zero attached hydrogens (tertiary/aromatic N) is 1. The number of carbonyl (C=O) groups is 1. The van der Waals surface area contributed by atoms with Gasteiger partial charge in [-0.25, -0.2) is 0 Å². The Morgan fingerprint density at radius 3 is 2.57 bits per heavy atom. The largest absolute Gasteiger partial charge is 0.388 e. The van der Waals surface area contributed by atoms with Gasteiger partial charge in [-0.05, 0) is 23.1 Å². The van der Waals surface area contributed by atoms with E-state index in [9.17, 15) is 9.90 Å². The topological polar surface area (TPSA) is 40.5 Å². The first-order valence-corrected chi connectivity index (χ1v) is 9.05. The van der Waals surface area contributed by atoms with Crippen molar-refractivity contribution in [2.24, 2.45) is 0 Å². The Labute approximate surface area is 141 Å². The first-order chi connectivity index (χ1) is 11.2. The number of fused-ring (bicyclic) bond motifs is 1. The number of hydrogen-bond acceptors (Lipinski definition) is 3. The number of rotatable bonds is 5. The van der Waals surface area contributed by atoms with Gasteiger partial charge in [-0.2, -0.15) is 0 Å². The second-order valence-electron chi connectivity index (χ2n) is 5.78. The summed E-state index contributed by atoms with van der Waals surface area (Å²) >= 11 is 1.50. The molecule has 1 atom stereocenters. The molecule has 120 valence electrons. The lowest BCUT2D eigenvalue weighted by molar-refractivity contribution is -0.129. The van der Waals surface area contributed by atoms with Gasteiger partial charge in [0.1, 0.15) is 0 Å². The summed E-state index contributed by atoms with van der Waals surface area (Å²) in [5.41, 5.74) is 3.50. The maximum Gasteiger partial charge on any atom is 0.232 e. The summed E-state index contributed by atoms with van der Waals surface area (Å²) in [5.74, 6) is 1.12. The van der Waals surface area contributed by atoms with Gasteiger partial charge in [0, 0.05) is 18.8 Å². The van der Waals surface area contributed by atoms with Gasteiger partial charge in [0.2, 0.25) is 5.91 Å². The van der Waals surface area contributed by atoms with Crippen molar-refractivity contribution in [3.63, 3.8) is 0 Å². The van der Waals surface area contributed by atoms with Crippen molar-refractivity contribution in [2.75, 3.05) is 18.1 Å². The summed E-state index contributed by atoms with van der Waals surface area (Å²) in [7, 11) is 0. The summed E-state index contributed by atoms with van der Waals surface area (Å²) in [6.45, 7) is 1.49. The molecule has 0 fully saturated rings. The van der Waals surface area contributed by atoms with E-state index in [-0.39, 0.29) is 5.91 Å². The minimum absolute atomic E-state index is 0.157. The van der Waals surface area contributed by atoms with Gasteiger partial charge in [-0.3, -0.25) is 4.79 Å². The van der Waals surface area contributed by atoms with E-state index >= 15 is 0 Å². The third-order valence-corrected chi connectivity index (χ3v) is 5.17. The zero-order chi connectivity index (χ0) is 16.1. The first-order valence-electron chi connectivity index (χ1n) is 7.89. The van der Waals surface area contributed by atoms with Gasteiger partial charge in [0.25, 0.3) is 0 Å². The van der Waals surface area contributed by atoms with E-state index in [0.29, 0.717) is 18.1 Å². The standard InChI is InChI=1S/C19H21NO2S/c21-18(16-7-2-1-3-8-16)13-23-14-19(22)20-11-10-15-6-4-5-9-17(15)12-20/h1-9,18,21H,10-14H2/t18-/m1/s1. The third-order valence-electron chi connectivity index (χ3n) is 4.17. The molecule has 1 heterocycles. The normalized spacial score (nSPS) is 15.1. The van der Waals surface area contributed by atoms with Crippen LogP contribution in [0.2, 0.25) is 0 Å². The van der Waals surface area contributed by atoms with E-state index in [2.05, 4.69) is 18.2 Å². The molecule has 1 aliphatic rings. The van der Waals surface area contributed by atoms with Gasteiger partial charge in [0.15, 0.2) is 0 Å². The van der Waals surface area contributed by atoms with Crippen LogP contribution in [0.4, 0.5) is 0 Å². The SMILES string of the molecule is O=C(CSC[C@@H](O)c1ccccc1)N1CCc2ccccc2C1. The number of benzene rings is 2. The smallest absolute Gasteiger partial charge is 0.232 e. The molecule has 1 amide bonds. The summed E-state index contributed by atoms with van der Waals surface area (Å²) in [5, 5.41) is 10.1. The number of aliphatic hydroxyl groups is 1. The van der Waals surface area contributed by atoms with Crippen LogP contribution in [0.25, 0.3) is 0 Å². The molecule has 0 spiro atoms. The van der Waals surface area contributed by atoms with E-state index in [1.54, 1.807) is 0 Å². The number of amides is 1. The Balaban J connectivity index is 1.47. The number of hydrogen-bond donors (Lipinski definition) is 1. The van der Waals surface area contributed by atoms with Crippen molar-refractivity contribution in [1.29, 1.82) is 0 Å². The Morgan fingerprint density at radius 1 is 1.09 bits per heavy atom. The molecule has 0 unspecified atom stereocenters. The Kier molecular flexibility index (Phi) is 5.36. The van der Waals surface area contributed by atoms with E-state index < -0.39 is 6.10 Å². The minimum atomic E-state index is -0.518. The molecule has 0 bridgehead atoms. The lowest BCUT2D eigenvalue weighted by Gasteiger charge is -2.29. The van der Waals surface area contributed by atoms with Crippen LogP contribution in [-0.4, -0.2) is 34.0 Å². The molecule has 3 rings (SSSR count). The molecule has 0 radical (unpaired) electrons. The predicted molar refractivity (Wildman–Crippen MR) is 94.3 cm³/mol. The van der Waals surface area contributed by atoms with E-state index in [0.717, 1.165) is 18.5 Å². The first kappa shape index (κ1) is 16.1. The Morgan fingerprint density at radius 2 is 1.78 bits per heavy atom. The van der Waals surface area contributed by atoms with Crippen LogP contribution in [0, 0.1) is 0 Å². The highest BCUT2D eigenvalue weighted by Gasteiger charge is 2.20. The molecule has 0 aromatic heterocycles. The predicted octanol–water partition coefficient (Wildman–Crippen LogP) is 3.04. The van der Waals surface area contributed by atoms with Gasteiger partial charge in [-0.15, -0.1) is 11.8 Å². The summed E-state index contributed by atoms with van der Waals surface area (Å²) < 4.78 is 0. The fourth-order valence-electron chi connectivity index (χ4n) is 2.83. The summed E-state index contributed by atoms with van der Waals surface area (Å²) in [6.07, 6.45) is 0.412. The van der Waals surface area contributed by atoms with Crippen LogP contribution in [0.15, 0.2) is 54.6 Å². The maximum absolute atomic E-state index is 12.3. The van der Waals surface area contributed by atoms with Crippen molar-refractivity contribution in [2.45, 2.75) is 19.1 Å². The van der Waals surface area contributed by atoms with Crippen molar-refractivity contribution in [3.05, 3.63) is 71.3 Å². The van der Waals surface area contributed by atoms with Crippen LogP contribution < -0.4 is 0 Å². The van der Waals surface area contributed by atoms with Crippen LogP contribution in [0.3, 0.4) is 0 Å². The van der Waals surface area contributed by atoms with Gasteiger partial charge < -0.3 is 10.0 Å².